The Balaban J connectivity index is 2.77. The zero-order valence-electron chi connectivity index (χ0n) is 18.0. The van der Waals surface area contributed by atoms with Crippen LogP contribution in [0, 0.1) is 5.41 Å². The Morgan fingerprint density at radius 2 is 1.68 bits per heavy atom. The van der Waals surface area contributed by atoms with E-state index < -0.39 is 35.9 Å². The van der Waals surface area contributed by atoms with Crippen LogP contribution >= 0.6 is 11.6 Å². The van der Waals surface area contributed by atoms with E-state index in [1.165, 1.54) is 0 Å². The number of carbonyl (C=O) groups is 2. The normalized spacial score (nSPS) is 15.2. The fourth-order valence-corrected chi connectivity index (χ4v) is 2.73. The summed E-state index contributed by atoms with van der Waals surface area (Å²) in [5, 5.41) is 3.04. The van der Waals surface area contributed by atoms with E-state index in [0.29, 0.717) is 10.8 Å². The largest absolute Gasteiger partial charge is 0.486 e. The molecule has 0 radical (unpaired) electrons. The van der Waals surface area contributed by atoms with Gasteiger partial charge < -0.3 is 19.5 Å². The molecule has 0 heterocycles. The molecule has 7 heteroatoms. The maximum absolute atomic E-state index is 12.4. The molecule has 0 aliphatic rings. The molecule has 3 atom stereocenters. The van der Waals surface area contributed by atoms with E-state index in [2.05, 4.69) is 5.32 Å². The van der Waals surface area contributed by atoms with Crippen molar-refractivity contribution in [1.29, 1.82) is 0 Å². The third-order valence-electron chi connectivity index (χ3n) is 3.73. The van der Waals surface area contributed by atoms with Crippen molar-refractivity contribution in [2.24, 2.45) is 5.41 Å². The molecule has 0 aromatic heterocycles. The van der Waals surface area contributed by atoms with E-state index >= 15 is 0 Å². The van der Waals surface area contributed by atoms with Gasteiger partial charge >= 0.3 is 12.1 Å². The number of hydrogen-bond donors (Lipinski definition) is 1. The third kappa shape index (κ3) is 8.38. The van der Waals surface area contributed by atoms with Crippen LogP contribution in [0.25, 0.3) is 0 Å². The zero-order valence-corrected chi connectivity index (χ0v) is 18.7. The highest BCUT2D eigenvalue weighted by Gasteiger charge is 2.35. The SMILES string of the molecule is C[C@H](NC(=O)OC(C)(C)C)C(=O)O[C@@H](C)[C@H](Oc1cccc(Cl)c1)C(C)(C)C. The summed E-state index contributed by atoms with van der Waals surface area (Å²) >= 11 is 6.02. The van der Waals surface area contributed by atoms with Crippen LogP contribution < -0.4 is 10.1 Å². The second-order valence-electron chi connectivity index (χ2n) is 8.87. The summed E-state index contributed by atoms with van der Waals surface area (Å²) in [7, 11) is 0. The number of rotatable bonds is 6. The van der Waals surface area contributed by atoms with E-state index in [1.54, 1.807) is 58.9 Å². The predicted molar refractivity (Wildman–Crippen MR) is 110 cm³/mol. The Bertz CT molecular complexity index is 678. The van der Waals surface area contributed by atoms with Crippen molar-refractivity contribution in [3.8, 4) is 5.75 Å². The molecule has 1 amide bonds. The summed E-state index contributed by atoms with van der Waals surface area (Å²) in [6.07, 6.45) is -1.66. The van der Waals surface area contributed by atoms with Crippen molar-refractivity contribution in [3.63, 3.8) is 0 Å². The number of hydrogen-bond acceptors (Lipinski definition) is 5. The molecule has 28 heavy (non-hydrogen) atoms. The summed E-state index contributed by atoms with van der Waals surface area (Å²) in [5.41, 5.74) is -0.965. The van der Waals surface area contributed by atoms with Gasteiger partial charge in [-0.2, -0.15) is 0 Å². The number of halogens is 1. The molecule has 0 bridgehead atoms. The minimum absolute atomic E-state index is 0.316. The van der Waals surface area contributed by atoms with Crippen molar-refractivity contribution < 1.29 is 23.8 Å². The van der Waals surface area contributed by atoms with Gasteiger partial charge in [0.1, 0.15) is 29.6 Å². The molecule has 0 fully saturated rings. The smallest absolute Gasteiger partial charge is 0.408 e. The number of amides is 1. The number of benzene rings is 1. The molecule has 0 saturated heterocycles. The van der Waals surface area contributed by atoms with Crippen LogP contribution in [0.15, 0.2) is 24.3 Å². The van der Waals surface area contributed by atoms with Crippen molar-refractivity contribution in [3.05, 3.63) is 29.3 Å². The van der Waals surface area contributed by atoms with Crippen molar-refractivity contribution in [1.82, 2.24) is 5.32 Å². The maximum atomic E-state index is 12.4. The van der Waals surface area contributed by atoms with Gasteiger partial charge in [-0.05, 0) is 52.8 Å². The van der Waals surface area contributed by atoms with Gasteiger partial charge in [0.25, 0.3) is 0 Å². The fourth-order valence-electron chi connectivity index (χ4n) is 2.55. The lowest BCUT2D eigenvalue weighted by Crippen LogP contribution is -2.47. The summed E-state index contributed by atoms with van der Waals surface area (Å²) in [5.74, 6) is 0.0255. The number of ether oxygens (including phenoxy) is 3. The number of nitrogens with one attached hydrogen (secondary N) is 1. The Morgan fingerprint density at radius 1 is 1.07 bits per heavy atom. The summed E-state index contributed by atoms with van der Waals surface area (Å²) in [6.45, 7) is 14.5. The second kappa shape index (κ2) is 9.50. The number of carbonyl (C=O) groups excluding carboxylic acids is 2. The highest BCUT2D eigenvalue weighted by atomic mass is 35.5. The average Bonchev–Trinajstić information content (AvgIpc) is 2.49. The lowest BCUT2D eigenvalue weighted by Gasteiger charge is -2.35. The van der Waals surface area contributed by atoms with Crippen LogP contribution in [0.2, 0.25) is 5.02 Å². The van der Waals surface area contributed by atoms with Gasteiger partial charge in [0.05, 0.1) is 0 Å². The van der Waals surface area contributed by atoms with Gasteiger partial charge in [-0.1, -0.05) is 38.4 Å². The van der Waals surface area contributed by atoms with Gasteiger partial charge in [0, 0.05) is 10.4 Å². The van der Waals surface area contributed by atoms with Gasteiger partial charge in [0.2, 0.25) is 0 Å². The Morgan fingerprint density at radius 3 is 2.18 bits per heavy atom. The second-order valence-corrected chi connectivity index (χ2v) is 9.31. The first-order chi connectivity index (χ1) is 12.7. The van der Waals surface area contributed by atoms with Gasteiger partial charge in [-0.25, -0.2) is 9.59 Å². The molecule has 0 saturated carbocycles. The van der Waals surface area contributed by atoms with Crippen LogP contribution in [0.1, 0.15) is 55.4 Å². The Kier molecular flexibility index (Phi) is 8.17. The van der Waals surface area contributed by atoms with Crippen LogP contribution in [0.4, 0.5) is 4.79 Å². The molecule has 1 aromatic carbocycles. The summed E-state index contributed by atoms with van der Waals surface area (Å²) < 4.78 is 16.8. The minimum atomic E-state index is -0.857. The average molecular weight is 414 g/mol. The quantitative estimate of drug-likeness (QED) is 0.666. The molecule has 0 aliphatic heterocycles. The third-order valence-corrected chi connectivity index (χ3v) is 3.96. The molecule has 1 N–H and O–H groups in total. The van der Waals surface area contributed by atoms with Crippen molar-refractivity contribution >= 4 is 23.7 Å². The van der Waals surface area contributed by atoms with Crippen LogP contribution in [0.3, 0.4) is 0 Å². The van der Waals surface area contributed by atoms with Crippen LogP contribution in [-0.2, 0) is 14.3 Å². The summed E-state index contributed by atoms with van der Waals surface area (Å²) in [6, 6.07) is 6.20. The standard InChI is InChI=1S/C21H32ClNO5/c1-13(23-19(25)28-21(6,7)8)18(24)26-14(2)17(20(3,4)5)27-16-11-9-10-15(22)12-16/h9-14,17H,1-8H3,(H,23,25)/t13-,14-,17-/m0/s1. The lowest BCUT2D eigenvalue weighted by molar-refractivity contribution is -0.158. The number of alkyl carbamates (subject to hydrolysis) is 1. The highest BCUT2D eigenvalue weighted by molar-refractivity contribution is 6.30. The van der Waals surface area contributed by atoms with Crippen LogP contribution in [-0.4, -0.2) is 35.9 Å². The molecular weight excluding hydrogens is 382 g/mol. The summed E-state index contributed by atoms with van der Waals surface area (Å²) in [4.78, 5) is 24.3. The van der Waals surface area contributed by atoms with E-state index in [4.69, 9.17) is 25.8 Å². The number of esters is 1. The Hall–Kier alpha value is -1.95. The molecular formula is C21H32ClNO5. The van der Waals surface area contributed by atoms with Gasteiger partial charge in [-0.3, -0.25) is 0 Å². The monoisotopic (exact) mass is 413 g/mol. The topological polar surface area (TPSA) is 73.9 Å². The first-order valence-corrected chi connectivity index (χ1v) is 9.69. The van der Waals surface area contributed by atoms with Crippen LogP contribution in [0.5, 0.6) is 5.75 Å². The van der Waals surface area contributed by atoms with Crippen molar-refractivity contribution in [2.45, 2.75) is 79.2 Å². The lowest BCUT2D eigenvalue weighted by atomic mass is 9.86. The van der Waals surface area contributed by atoms with Crippen molar-refractivity contribution in [2.75, 3.05) is 0 Å². The Labute approximate surface area is 172 Å². The molecule has 1 aromatic rings. The molecule has 1 rings (SSSR count). The molecule has 0 spiro atoms. The van der Waals surface area contributed by atoms with Gasteiger partial charge in [-0.15, -0.1) is 0 Å². The van der Waals surface area contributed by atoms with E-state index in [1.807, 2.05) is 20.8 Å². The minimum Gasteiger partial charge on any atom is -0.486 e. The molecule has 6 nitrogen and oxygen atoms in total. The highest BCUT2D eigenvalue weighted by Crippen LogP contribution is 2.29. The predicted octanol–water partition coefficient (Wildman–Crippen LogP) is 4.98. The first-order valence-electron chi connectivity index (χ1n) is 9.31. The van der Waals surface area contributed by atoms with E-state index in [9.17, 15) is 9.59 Å². The van der Waals surface area contributed by atoms with Gasteiger partial charge in [0.15, 0.2) is 0 Å². The molecule has 0 aliphatic carbocycles. The zero-order chi connectivity index (χ0) is 21.7. The van der Waals surface area contributed by atoms with E-state index in [-0.39, 0.29) is 5.41 Å². The maximum Gasteiger partial charge on any atom is 0.408 e. The molecule has 158 valence electrons. The molecule has 0 unspecified atom stereocenters. The van der Waals surface area contributed by atoms with E-state index in [0.717, 1.165) is 0 Å². The first kappa shape index (κ1) is 24.1. The fraction of sp³-hybridized carbons (Fsp3) is 0.619.